The predicted octanol–water partition coefficient (Wildman–Crippen LogP) is -0.184. The van der Waals surface area contributed by atoms with E-state index in [-0.39, 0.29) is 6.54 Å². The molecule has 0 unspecified atom stereocenters. The van der Waals surface area contributed by atoms with Gasteiger partial charge in [0, 0.05) is 20.1 Å². The fourth-order valence-corrected chi connectivity index (χ4v) is 1.95. The van der Waals surface area contributed by atoms with Gasteiger partial charge in [-0.15, -0.1) is 0 Å². The summed E-state index contributed by atoms with van der Waals surface area (Å²) in [5.74, 6) is -0.285. The molecule has 0 atom stereocenters. The highest BCUT2D eigenvalue weighted by atomic mass is 16.4. The van der Waals surface area contributed by atoms with E-state index in [0.717, 1.165) is 11.9 Å². The number of carboxylic acids is 1. The van der Waals surface area contributed by atoms with Crippen LogP contribution in [0.25, 0.3) is 11.0 Å². The van der Waals surface area contributed by atoms with E-state index in [2.05, 4.69) is 15.1 Å². The largest absolute Gasteiger partial charge is 0.480 e. The Morgan fingerprint density at radius 2 is 2.10 bits per heavy atom. The first kappa shape index (κ1) is 14.2. The maximum atomic E-state index is 11.0. The van der Waals surface area contributed by atoms with Gasteiger partial charge in [-0.1, -0.05) is 0 Å². The number of hydrogen-bond acceptors (Lipinski definition) is 6. The summed E-state index contributed by atoms with van der Waals surface area (Å²) in [4.78, 5) is 23.2. The molecule has 2 rings (SSSR count). The average molecular weight is 278 g/mol. The van der Waals surface area contributed by atoms with Crippen LogP contribution >= 0.6 is 0 Å². The third-order valence-corrected chi connectivity index (χ3v) is 2.95. The van der Waals surface area contributed by atoms with Crippen LogP contribution in [0.15, 0.2) is 12.5 Å². The van der Waals surface area contributed by atoms with Crippen LogP contribution in [0.4, 0.5) is 5.82 Å². The monoisotopic (exact) mass is 278 g/mol. The Kier molecular flexibility index (Phi) is 4.14. The number of nitrogens with zero attached hydrogens (tertiary/aromatic N) is 6. The van der Waals surface area contributed by atoms with Crippen molar-refractivity contribution in [3.05, 3.63) is 12.5 Å². The van der Waals surface area contributed by atoms with Crippen molar-refractivity contribution in [3.8, 4) is 0 Å². The zero-order chi connectivity index (χ0) is 14.7. The summed E-state index contributed by atoms with van der Waals surface area (Å²) in [6.07, 6.45) is 3.10. The van der Waals surface area contributed by atoms with Crippen molar-refractivity contribution >= 4 is 22.8 Å². The number of rotatable bonds is 6. The van der Waals surface area contributed by atoms with Crippen LogP contribution in [0.5, 0.6) is 0 Å². The van der Waals surface area contributed by atoms with E-state index in [0.29, 0.717) is 18.0 Å². The fourth-order valence-electron chi connectivity index (χ4n) is 1.95. The lowest BCUT2D eigenvalue weighted by atomic mass is 10.3. The number of carbonyl (C=O) groups is 1. The number of aryl methyl sites for hydroxylation is 1. The van der Waals surface area contributed by atoms with Gasteiger partial charge in [0.15, 0.2) is 5.65 Å². The van der Waals surface area contributed by atoms with Crippen molar-refractivity contribution in [1.82, 2.24) is 24.6 Å². The Morgan fingerprint density at radius 3 is 2.75 bits per heavy atom. The molecule has 0 bridgehead atoms. The molecule has 108 valence electrons. The van der Waals surface area contributed by atoms with E-state index in [1.165, 1.54) is 6.33 Å². The van der Waals surface area contributed by atoms with Gasteiger partial charge in [-0.25, -0.2) is 9.97 Å². The Labute approximate surface area is 116 Å². The molecule has 0 aromatic carbocycles. The molecule has 0 spiro atoms. The van der Waals surface area contributed by atoms with Gasteiger partial charge in [-0.2, -0.15) is 5.10 Å². The molecule has 0 aliphatic heterocycles. The second-order valence-electron chi connectivity index (χ2n) is 4.82. The molecule has 8 heteroatoms. The number of anilines is 1. The van der Waals surface area contributed by atoms with E-state index >= 15 is 0 Å². The molecule has 2 aromatic rings. The first-order chi connectivity index (χ1) is 9.49. The van der Waals surface area contributed by atoms with Crippen molar-refractivity contribution in [2.45, 2.75) is 0 Å². The van der Waals surface area contributed by atoms with Gasteiger partial charge in [-0.3, -0.25) is 9.48 Å². The van der Waals surface area contributed by atoms with E-state index in [1.54, 1.807) is 22.8 Å². The van der Waals surface area contributed by atoms with Crippen LogP contribution in [-0.4, -0.2) is 69.5 Å². The van der Waals surface area contributed by atoms with Crippen LogP contribution in [0.3, 0.4) is 0 Å². The normalized spacial score (nSPS) is 11.2. The van der Waals surface area contributed by atoms with Crippen molar-refractivity contribution < 1.29 is 9.90 Å². The Balaban J connectivity index is 2.36. The molecule has 8 nitrogen and oxygen atoms in total. The molecule has 2 heterocycles. The van der Waals surface area contributed by atoms with Gasteiger partial charge >= 0.3 is 5.97 Å². The van der Waals surface area contributed by atoms with E-state index in [4.69, 9.17) is 5.11 Å². The summed E-state index contributed by atoms with van der Waals surface area (Å²) >= 11 is 0. The minimum absolute atomic E-state index is 0.102. The molecule has 0 fully saturated rings. The van der Waals surface area contributed by atoms with Crippen molar-refractivity contribution in [2.75, 3.05) is 38.6 Å². The van der Waals surface area contributed by atoms with Crippen molar-refractivity contribution in [3.63, 3.8) is 0 Å². The fraction of sp³-hybridized carbons (Fsp3) is 0.500. The second-order valence-corrected chi connectivity index (χ2v) is 4.82. The molecule has 0 radical (unpaired) electrons. The number of hydrogen-bond donors (Lipinski definition) is 1. The molecule has 20 heavy (non-hydrogen) atoms. The average Bonchev–Trinajstić information content (AvgIpc) is 2.76. The first-order valence-corrected chi connectivity index (χ1v) is 6.23. The van der Waals surface area contributed by atoms with Gasteiger partial charge in [0.05, 0.1) is 11.6 Å². The van der Waals surface area contributed by atoms with Gasteiger partial charge in [0.1, 0.15) is 18.7 Å². The Bertz CT molecular complexity index is 609. The molecule has 0 saturated heterocycles. The number of likely N-dealkylation sites (N-methyl/N-ethyl adjacent to an activating group) is 1. The predicted molar refractivity (Wildman–Crippen MR) is 74.7 cm³/mol. The molecular formula is C12H18N6O2. The maximum Gasteiger partial charge on any atom is 0.323 e. The van der Waals surface area contributed by atoms with Crippen LogP contribution in [-0.2, 0) is 11.8 Å². The number of fused-ring (bicyclic) bond motifs is 1. The van der Waals surface area contributed by atoms with Crippen LogP contribution in [0, 0.1) is 0 Å². The van der Waals surface area contributed by atoms with Crippen LogP contribution in [0.1, 0.15) is 0 Å². The van der Waals surface area contributed by atoms with Gasteiger partial charge in [0.25, 0.3) is 0 Å². The lowest BCUT2D eigenvalue weighted by Crippen LogP contribution is -2.36. The van der Waals surface area contributed by atoms with Gasteiger partial charge < -0.3 is 14.9 Å². The summed E-state index contributed by atoms with van der Waals surface area (Å²) in [6.45, 7) is 1.20. The Morgan fingerprint density at radius 1 is 1.35 bits per heavy atom. The minimum Gasteiger partial charge on any atom is -0.480 e. The zero-order valence-electron chi connectivity index (χ0n) is 11.8. The summed E-state index contributed by atoms with van der Waals surface area (Å²) in [7, 11) is 5.68. The molecular weight excluding hydrogens is 260 g/mol. The van der Waals surface area contributed by atoms with Crippen molar-refractivity contribution in [2.24, 2.45) is 7.05 Å². The van der Waals surface area contributed by atoms with Crippen LogP contribution < -0.4 is 4.90 Å². The standard InChI is InChI=1S/C12H18N6O2/c1-16(2)4-5-18(7-10(19)20)12-9-6-15-17(3)11(9)13-8-14-12/h6,8H,4-5,7H2,1-3H3,(H,19,20). The molecule has 0 saturated carbocycles. The highest BCUT2D eigenvalue weighted by Gasteiger charge is 2.17. The van der Waals surface area contributed by atoms with Crippen molar-refractivity contribution in [1.29, 1.82) is 0 Å². The third kappa shape index (κ3) is 3.02. The lowest BCUT2D eigenvalue weighted by Gasteiger charge is -2.23. The smallest absolute Gasteiger partial charge is 0.323 e. The lowest BCUT2D eigenvalue weighted by molar-refractivity contribution is -0.135. The SMILES string of the molecule is CN(C)CCN(CC(=O)O)c1ncnc2c1cnn2C. The Hall–Kier alpha value is -2.22. The van der Waals surface area contributed by atoms with E-state index in [1.807, 2.05) is 19.0 Å². The number of aliphatic carboxylic acids is 1. The van der Waals surface area contributed by atoms with Gasteiger partial charge in [-0.05, 0) is 14.1 Å². The molecule has 0 amide bonds. The van der Waals surface area contributed by atoms with E-state index < -0.39 is 5.97 Å². The topological polar surface area (TPSA) is 87.4 Å². The highest BCUT2D eigenvalue weighted by molar-refractivity contribution is 5.88. The summed E-state index contributed by atoms with van der Waals surface area (Å²) in [6, 6.07) is 0. The second kappa shape index (κ2) is 5.83. The minimum atomic E-state index is -0.889. The van der Waals surface area contributed by atoms with Gasteiger partial charge in [0.2, 0.25) is 0 Å². The van der Waals surface area contributed by atoms with Crippen LogP contribution in [0.2, 0.25) is 0 Å². The maximum absolute atomic E-state index is 11.0. The number of carboxylic acid groups (broad SMARTS) is 1. The summed E-state index contributed by atoms with van der Waals surface area (Å²) in [5, 5.41) is 14.0. The quantitative estimate of drug-likeness (QED) is 0.784. The summed E-state index contributed by atoms with van der Waals surface area (Å²) < 4.78 is 1.64. The summed E-state index contributed by atoms with van der Waals surface area (Å²) in [5.41, 5.74) is 0.690. The molecule has 0 aliphatic carbocycles. The number of aromatic nitrogens is 4. The third-order valence-electron chi connectivity index (χ3n) is 2.95. The first-order valence-electron chi connectivity index (χ1n) is 6.23. The highest BCUT2D eigenvalue weighted by Crippen LogP contribution is 2.21. The molecule has 1 N–H and O–H groups in total. The zero-order valence-corrected chi connectivity index (χ0v) is 11.8. The van der Waals surface area contributed by atoms with E-state index in [9.17, 15) is 4.79 Å². The molecule has 0 aliphatic rings. The molecule has 2 aromatic heterocycles.